The Kier molecular flexibility index (Phi) is 3.16. The smallest absolute Gasteiger partial charge is 0.254 e. The summed E-state index contributed by atoms with van der Waals surface area (Å²) in [6, 6.07) is 5.56. The van der Waals surface area contributed by atoms with Crippen molar-refractivity contribution in [2.75, 3.05) is 11.9 Å². The Labute approximate surface area is 115 Å². The number of hydrogen-bond acceptors (Lipinski definition) is 3. The second-order valence-corrected chi connectivity index (χ2v) is 5.00. The number of nitrogens with one attached hydrogen (secondary N) is 1. The molecule has 0 bridgehead atoms. The molecule has 1 amide bonds. The Morgan fingerprint density at radius 2 is 2.42 bits per heavy atom. The van der Waals surface area contributed by atoms with Crippen LogP contribution in [0.15, 0.2) is 18.2 Å². The van der Waals surface area contributed by atoms with E-state index < -0.39 is 0 Å². The number of amides is 1. The van der Waals surface area contributed by atoms with Gasteiger partial charge in [0, 0.05) is 13.7 Å². The topological polar surface area (TPSA) is 56.2 Å². The second-order valence-electron chi connectivity index (χ2n) is 4.60. The van der Waals surface area contributed by atoms with Crippen molar-refractivity contribution in [1.82, 2.24) is 9.78 Å². The lowest BCUT2D eigenvalue weighted by molar-refractivity contribution is -0.124. The van der Waals surface area contributed by atoms with Crippen molar-refractivity contribution >= 4 is 34.2 Å². The number of aromatic nitrogens is 2. The molecule has 3 rings (SSSR count). The van der Waals surface area contributed by atoms with Crippen molar-refractivity contribution < 1.29 is 9.53 Å². The number of fused-ring (bicyclic) bond motifs is 1. The maximum atomic E-state index is 12.1. The largest absolute Gasteiger partial charge is 0.368 e. The van der Waals surface area contributed by atoms with E-state index in [1.807, 2.05) is 19.2 Å². The van der Waals surface area contributed by atoms with Crippen LogP contribution in [-0.2, 0) is 16.6 Å². The first-order chi connectivity index (χ1) is 9.16. The number of rotatable bonds is 2. The van der Waals surface area contributed by atoms with Gasteiger partial charge in [-0.2, -0.15) is 5.10 Å². The highest BCUT2D eigenvalue weighted by Gasteiger charge is 2.25. The van der Waals surface area contributed by atoms with Crippen LogP contribution in [0.4, 0.5) is 5.82 Å². The second kappa shape index (κ2) is 4.83. The summed E-state index contributed by atoms with van der Waals surface area (Å²) >= 11 is 6.18. The summed E-state index contributed by atoms with van der Waals surface area (Å²) in [5.74, 6) is 0.334. The van der Waals surface area contributed by atoms with Gasteiger partial charge in [-0.1, -0.05) is 17.7 Å². The molecule has 0 radical (unpaired) electrons. The Morgan fingerprint density at radius 3 is 3.16 bits per heavy atom. The van der Waals surface area contributed by atoms with E-state index in [0.717, 1.165) is 23.7 Å². The summed E-state index contributed by atoms with van der Waals surface area (Å²) in [6.07, 6.45) is 1.30. The first-order valence-corrected chi connectivity index (χ1v) is 6.58. The van der Waals surface area contributed by atoms with Crippen molar-refractivity contribution in [1.29, 1.82) is 0 Å². The number of carbonyl (C=O) groups is 1. The maximum absolute atomic E-state index is 12.1. The molecule has 0 unspecified atom stereocenters. The average molecular weight is 280 g/mol. The van der Waals surface area contributed by atoms with E-state index >= 15 is 0 Å². The third-order valence-corrected chi connectivity index (χ3v) is 3.61. The van der Waals surface area contributed by atoms with Gasteiger partial charge in [-0.3, -0.25) is 9.48 Å². The Balaban J connectivity index is 1.94. The number of ether oxygens (including phenoxy) is 1. The fourth-order valence-electron chi connectivity index (χ4n) is 2.34. The van der Waals surface area contributed by atoms with Crippen LogP contribution < -0.4 is 5.32 Å². The summed E-state index contributed by atoms with van der Waals surface area (Å²) in [7, 11) is 1.82. The van der Waals surface area contributed by atoms with Crippen molar-refractivity contribution in [3.05, 3.63) is 23.2 Å². The molecule has 0 aliphatic carbocycles. The molecule has 6 heteroatoms. The lowest BCUT2D eigenvalue weighted by Gasteiger charge is -2.08. The molecule has 2 heterocycles. The van der Waals surface area contributed by atoms with Crippen molar-refractivity contribution in [2.24, 2.45) is 7.05 Å². The summed E-state index contributed by atoms with van der Waals surface area (Å²) in [5.41, 5.74) is 0.884. The molecule has 1 fully saturated rings. The van der Waals surface area contributed by atoms with Gasteiger partial charge in [0.2, 0.25) is 0 Å². The lowest BCUT2D eigenvalue weighted by Crippen LogP contribution is -2.27. The minimum atomic E-state index is -0.375. The van der Waals surface area contributed by atoms with Gasteiger partial charge in [0.25, 0.3) is 5.91 Å². The molecule has 0 saturated carbocycles. The minimum Gasteiger partial charge on any atom is -0.368 e. The molecule has 1 aliphatic heterocycles. The minimum absolute atomic E-state index is 0.155. The molecule has 19 heavy (non-hydrogen) atoms. The summed E-state index contributed by atoms with van der Waals surface area (Å²) in [5, 5.41) is 8.45. The van der Waals surface area contributed by atoms with Gasteiger partial charge in [-0.15, -0.1) is 0 Å². The molecule has 1 aromatic carbocycles. The van der Waals surface area contributed by atoms with Crippen LogP contribution in [0.5, 0.6) is 0 Å². The van der Waals surface area contributed by atoms with Gasteiger partial charge in [0.05, 0.1) is 15.9 Å². The van der Waals surface area contributed by atoms with Gasteiger partial charge < -0.3 is 10.1 Å². The molecule has 1 atom stereocenters. The molecular formula is C13H14ClN3O2. The van der Waals surface area contributed by atoms with Crippen LogP contribution >= 0.6 is 11.6 Å². The normalized spacial score (nSPS) is 18.9. The van der Waals surface area contributed by atoms with Crippen LogP contribution in [0.3, 0.4) is 0 Å². The molecular weight excluding hydrogens is 266 g/mol. The maximum Gasteiger partial charge on any atom is 0.254 e. The zero-order chi connectivity index (χ0) is 13.4. The summed E-state index contributed by atoms with van der Waals surface area (Å²) in [6.45, 7) is 0.641. The molecule has 1 aliphatic rings. The van der Waals surface area contributed by atoms with E-state index in [9.17, 15) is 4.79 Å². The Hall–Kier alpha value is -1.59. The first kappa shape index (κ1) is 12.4. The van der Waals surface area contributed by atoms with Crippen molar-refractivity contribution in [3.63, 3.8) is 0 Å². The number of benzene rings is 1. The van der Waals surface area contributed by atoms with Gasteiger partial charge in [-0.05, 0) is 25.0 Å². The number of carbonyl (C=O) groups excluding carboxylic acids is 1. The molecule has 2 aromatic rings. The number of hydrogen-bond donors (Lipinski definition) is 1. The van der Waals surface area contributed by atoms with E-state index in [0.29, 0.717) is 17.4 Å². The zero-order valence-electron chi connectivity index (χ0n) is 10.5. The lowest BCUT2D eigenvalue weighted by atomic mass is 10.2. The van der Waals surface area contributed by atoms with Crippen molar-refractivity contribution in [2.45, 2.75) is 18.9 Å². The molecule has 5 nitrogen and oxygen atoms in total. The third kappa shape index (κ3) is 2.19. The monoisotopic (exact) mass is 279 g/mol. The number of anilines is 1. The van der Waals surface area contributed by atoms with E-state index in [2.05, 4.69) is 10.4 Å². The first-order valence-electron chi connectivity index (χ1n) is 6.20. The average Bonchev–Trinajstić information content (AvgIpc) is 2.99. The number of halogens is 1. The predicted molar refractivity (Wildman–Crippen MR) is 73.3 cm³/mol. The van der Waals surface area contributed by atoms with E-state index in [-0.39, 0.29) is 12.0 Å². The quantitative estimate of drug-likeness (QED) is 0.918. The van der Waals surface area contributed by atoms with Crippen LogP contribution in [0.2, 0.25) is 5.02 Å². The third-order valence-electron chi connectivity index (χ3n) is 3.29. The van der Waals surface area contributed by atoms with Gasteiger partial charge >= 0.3 is 0 Å². The SMILES string of the molecule is Cn1nc(NC(=O)[C@H]2CCCO2)c2c(Cl)cccc21. The summed E-state index contributed by atoms with van der Waals surface area (Å²) in [4.78, 5) is 12.1. The standard InChI is InChI=1S/C13H14ClN3O2/c1-17-9-5-2-4-8(14)11(9)12(16-17)15-13(18)10-6-3-7-19-10/h2,4-5,10H,3,6-7H2,1H3,(H,15,16,18)/t10-/m1/s1. The number of aryl methyl sites for hydroxylation is 1. The zero-order valence-corrected chi connectivity index (χ0v) is 11.3. The van der Waals surface area contributed by atoms with E-state index in [4.69, 9.17) is 16.3 Å². The van der Waals surface area contributed by atoms with Gasteiger partial charge in [0.1, 0.15) is 6.10 Å². The Bertz CT molecular complexity index is 632. The fraction of sp³-hybridized carbons (Fsp3) is 0.385. The molecule has 0 spiro atoms. The summed E-state index contributed by atoms with van der Waals surface area (Å²) < 4.78 is 7.06. The van der Waals surface area contributed by atoms with Crippen molar-refractivity contribution in [3.8, 4) is 0 Å². The van der Waals surface area contributed by atoms with Gasteiger partial charge in [-0.25, -0.2) is 0 Å². The van der Waals surface area contributed by atoms with Crippen LogP contribution in [-0.4, -0.2) is 28.4 Å². The highest BCUT2D eigenvalue weighted by atomic mass is 35.5. The van der Waals surface area contributed by atoms with E-state index in [1.165, 1.54) is 0 Å². The molecule has 1 N–H and O–H groups in total. The molecule has 1 aromatic heterocycles. The molecule has 100 valence electrons. The highest BCUT2D eigenvalue weighted by molar-refractivity contribution is 6.36. The molecule has 1 saturated heterocycles. The Morgan fingerprint density at radius 1 is 1.58 bits per heavy atom. The predicted octanol–water partition coefficient (Wildman–Crippen LogP) is 2.34. The fourth-order valence-corrected chi connectivity index (χ4v) is 2.60. The van der Waals surface area contributed by atoms with Crippen LogP contribution in [0.25, 0.3) is 10.9 Å². The highest BCUT2D eigenvalue weighted by Crippen LogP contribution is 2.30. The van der Waals surface area contributed by atoms with Crippen LogP contribution in [0, 0.1) is 0 Å². The number of nitrogens with zero attached hydrogens (tertiary/aromatic N) is 2. The van der Waals surface area contributed by atoms with Gasteiger partial charge in [0.15, 0.2) is 5.82 Å². The van der Waals surface area contributed by atoms with Crippen LogP contribution in [0.1, 0.15) is 12.8 Å². The van der Waals surface area contributed by atoms with E-state index in [1.54, 1.807) is 10.7 Å².